The van der Waals surface area contributed by atoms with Crippen LogP contribution in [0, 0.1) is 0 Å². The highest BCUT2D eigenvalue weighted by Gasteiger charge is 2.16. The van der Waals surface area contributed by atoms with Gasteiger partial charge in [-0.05, 0) is 41.3 Å². The summed E-state index contributed by atoms with van der Waals surface area (Å²) in [5.41, 5.74) is 15.2. The summed E-state index contributed by atoms with van der Waals surface area (Å²) in [7, 11) is 0. The van der Waals surface area contributed by atoms with E-state index in [-0.39, 0.29) is 12.7 Å². The van der Waals surface area contributed by atoms with Crippen molar-refractivity contribution in [2.75, 3.05) is 18.8 Å². The van der Waals surface area contributed by atoms with Crippen LogP contribution in [0.15, 0.2) is 91.2 Å². The number of nitrogens with two attached hydrogens (primary N) is 2. The van der Waals surface area contributed by atoms with E-state index in [4.69, 9.17) is 16.2 Å². The van der Waals surface area contributed by atoms with Crippen LogP contribution < -0.4 is 11.5 Å². The number of ether oxygens (including phenoxy) is 1. The molecule has 0 atom stereocenters. The summed E-state index contributed by atoms with van der Waals surface area (Å²) in [5, 5.41) is 0. The third-order valence-electron chi connectivity index (χ3n) is 4.04. The Morgan fingerprint density at radius 3 is 2.32 bits per heavy atom. The molecule has 5 heteroatoms. The number of nitrogens with zero attached hydrogens (tertiary/aromatic N) is 1. The van der Waals surface area contributed by atoms with E-state index < -0.39 is 0 Å². The Morgan fingerprint density at radius 1 is 1.00 bits per heavy atom. The highest BCUT2D eigenvalue weighted by Crippen LogP contribution is 2.10. The standard InChI is InChI=1S/C23H27N3O2/c1-18(8-9-19(2)24)16-26(15-14-20-10-12-22(25)13-11-20)23(27)28-17-21-6-4-3-5-7-21/h3-13H,1-2,14-17,24-25H2/b9-8-. The van der Waals surface area contributed by atoms with Crippen LogP contribution in [0.5, 0.6) is 0 Å². The predicted octanol–water partition coefficient (Wildman–Crippen LogP) is 4.03. The van der Waals surface area contributed by atoms with Crippen LogP contribution in [0.1, 0.15) is 11.1 Å². The summed E-state index contributed by atoms with van der Waals surface area (Å²) in [6, 6.07) is 17.2. The molecule has 0 aromatic heterocycles. The average molecular weight is 377 g/mol. The van der Waals surface area contributed by atoms with Gasteiger partial charge in [-0.15, -0.1) is 0 Å². The molecule has 0 aliphatic rings. The van der Waals surface area contributed by atoms with Crippen LogP contribution in [-0.2, 0) is 17.8 Å². The van der Waals surface area contributed by atoms with Crippen molar-refractivity contribution in [1.82, 2.24) is 4.90 Å². The molecule has 0 saturated heterocycles. The molecule has 5 nitrogen and oxygen atoms in total. The molecule has 0 aliphatic carbocycles. The smallest absolute Gasteiger partial charge is 0.410 e. The topological polar surface area (TPSA) is 81.6 Å². The molecule has 2 aromatic carbocycles. The predicted molar refractivity (Wildman–Crippen MR) is 114 cm³/mol. The normalized spacial score (nSPS) is 10.6. The zero-order chi connectivity index (χ0) is 20.4. The summed E-state index contributed by atoms with van der Waals surface area (Å²) < 4.78 is 5.48. The van der Waals surface area contributed by atoms with Crippen molar-refractivity contribution >= 4 is 11.8 Å². The molecule has 2 rings (SSSR count). The molecule has 0 bridgehead atoms. The highest BCUT2D eigenvalue weighted by atomic mass is 16.6. The highest BCUT2D eigenvalue weighted by molar-refractivity contribution is 5.68. The maximum atomic E-state index is 12.6. The molecule has 0 unspecified atom stereocenters. The third-order valence-corrected chi connectivity index (χ3v) is 4.04. The Morgan fingerprint density at radius 2 is 1.68 bits per heavy atom. The fourth-order valence-electron chi connectivity index (χ4n) is 2.52. The van der Waals surface area contributed by atoms with Crippen molar-refractivity contribution in [3.63, 3.8) is 0 Å². The van der Waals surface area contributed by atoms with Gasteiger partial charge in [0.2, 0.25) is 0 Å². The second-order valence-electron chi connectivity index (χ2n) is 6.52. The van der Waals surface area contributed by atoms with Crippen LogP contribution in [-0.4, -0.2) is 24.1 Å². The second-order valence-corrected chi connectivity index (χ2v) is 6.52. The third kappa shape index (κ3) is 7.41. The van der Waals surface area contributed by atoms with Crippen molar-refractivity contribution in [3.8, 4) is 0 Å². The van der Waals surface area contributed by atoms with Gasteiger partial charge >= 0.3 is 6.09 Å². The molecule has 146 valence electrons. The van der Waals surface area contributed by atoms with Crippen LogP contribution in [0.2, 0.25) is 0 Å². The number of hydrogen-bond acceptors (Lipinski definition) is 4. The zero-order valence-corrected chi connectivity index (χ0v) is 16.0. The Labute approximate surface area is 166 Å². The fraction of sp³-hybridized carbons (Fsp3) is 0.174. The second kappa shape index (κ2) is 10.6. The van der Waals surface area contributed by atoms with Gasteiger partial charge in [0.15, 0.2) is 0 Å². The number of carbonyl (C=O) groups excluding carboxylic acids is 1. The maximum Gasteiger partial charge on any atom is 0.410 e. The first-order valence-corrected chi connectivity index (χ1v) is 9.04. The van der Waals surface area contributed by atoms with E-state index in [0.717, 1.165) is 16.7 Å². The van der Waals surface area contributed by atoms with Gasteiger partial charge in [0.1, 0.15) is 6.61 Å². The number of amides is 1. The first-order valence-electron chi connectivity index (χ1n) is 9.04. The maximum absolute atomic E-state index is 12.6. The Hall–Kier alpha value is -3.47. The molecule has 28 heavy (non-hydrogen) atoms. The lowest BCUT2D eigenvalue weighted by molar-refractivity contribution is 0.0998. The van der Waals surface area contributed by atoms with Gasteiger partial charge < -0.3 is 21.1 Å². The van der Waals surface area contributed by atoms with E-state index in [1.54, 1.807) is 17.1 Å². The molecular formula is C23H27N3O2. The lowest BCUT2D eigenvalue weighted by Crippen LogP contribution is -2.34. The Bertz CT molecular complexity index is 827. The van der Waals surface area contributed by atoms with Gasteiger partial charge in [0, 0.05) is 24.5 Å². The summed E-state index contributed by atoms with van der Waals surface area (Å²) in [6.07, 6.45) is 3.71. The largest absolute Gasteiger partial charge is 0.445 e. The van der Waals surface area contributed by atoms with Crippen molar-refractivity contribution < 1.29 is 9.53 Å². The quantitative estimate of drug-likeness (QED) is 0.510. The molecule has 1 amide bonds. The summed E-state index contributed by atoms with van der Waals surface area (Å²) in [6.45, 7) is 8.66. The fourth-order valence-corrected chi connectivity index (χ4v) is 2.52. The number of rotatable bonds is 9. The molecule has 0 spiro atoms. The van der Waals surface area contributed by atoms with Gasteiger partial charge in [-0.25, -0.2) is 4.79 Å². The first-order chi connectivity index (χ1) is 13.4. The average Bonchev–Trinajstić information content (AvgIpc) is 2.69. The molecule has 0 saturated carbocycles. The lowest BCUT2D eigenvalue weighted by atomic mass is 10.1. The first kappa shape index (κ1) is 20.8. The molecule has 2 aromatic rings. The van der Waals surface area contributed by atoms with Crippen molar-refractivity contribution in [3.05, 3.63) is 102 Å². The number of nitrogen functional groups attached to an aromatic ring is 1. The Balaban J connectivity index is 2.00. The zero-order valence-electron chi connectivity index (χ0n) is 16.0. The van der Waals surface area contributed by atoms with Crippen LogP contribution >= 0.6 is 0 Å². The minimum Gasteiger partial charge on any atom is -0.445 e. The number of allylic oxidation sites excluding steroid dienone is 1. The van der Waals surface area contributed by atoms with Gasteiger partial charge in [-0.1, -0.05) is 61.7 Å². The lowest BCUT2D eigenvalue weighted by Gasteiger charge is -2.22. The summed E-state index contributed by atoms with van der Waals surface area (Å²) in [5.74, 6) is 0. The minimum absolute atomic E-state index is 0.222. The van der Waals surface area contributed by atoms with Crippen LogP contribution in [0.3, 0.4) is 0 Å². The number of carbonyl (C=O) groups is 1. The van der Waals surface area contributed by atoms with Gasteiger partial charge in [-0.2, -0.15) is 0 Å². The van der Waals surface area contributed by atoms with Gasteiger partial charge in [0.25, 0.3) is 0 Å². The van der Waals surface area contributed by atoms with Crippen molar-refractivity contribution in [2.45, 2.75) is 13.0 Å². The van der Waals surface area contributed by atoms with Crippen molar-refractivity contribution in [2.24, 2.45) is 5.73 Å². The number of hydrogen-bond donors (Lipinski definition) is 2. The molecule has 0 aliphatic heterocycles. The van der Waals surface area contributed by atoms with Crippen LogP contribution in [0.4, 0.5) is 10.5 Å². The van der Waals surface area contributed by atoms with Crippen LogP contribution in [0.25, 0.3) is 0 Å². The molecule has 0 fully saturated rings. The van der Waals surface area contributed by atoms with Gasteiger partial charge in [-0.3, -0.25) is 0 Å². The van der Waals surface area contributed by atoms with E-state index in [2.05, 4.69) is 13.2 Å². The molecule has 4 N–H and O–H groups in total. The van der Waals surface area contributed by atoms with E-state index >= 15 is 0 Å². The SMILES string of the molecule is C=C(N)/C=C\C(=C)CN(CCc1ccc(N)cc1)C(=O)OCc1ccccc1. The molecule has 0 heterocycles. The van der Waals surface area contributed by atoms with E-state index in [0.29, 0.717) is 30.9 Å². The summed E-state index contributed by atoms with van der Waals surface area (Å²) in [4.78, 5) is 14.3. The van der Waals surface area contributed by atoms with E-state index in [9.17, 15) is 4.79 Å². The van der Waals surface area contributed by atoms with Crippen molar-refractivity contribution in [1.29, 1.82) is 0 Å². The molecular weight excluding hydrogens is 350 g/mol. The van der Waals surface area contributed by atoms with E-state index in [1.165, 1.54) is 0 Å². The van der Waals surface area contributed by atoms with E-state index in [1.807, 2.05) is 54.6 Å². The number of benzene rings is 2. The monoisotopic (exact) mass is 377 g/mol. The number of anilines is 1. The summed E-state index contributed by atoms with van der Waals surface area (Å²) >= 11 is 0. The Kier molecular flexibility index (Phi) is 7.91. The molecule has 0 radical (unpaired) electrons. The minimum atomic E-state index is -0.388. The van der Waals surface area contributed by atoms with Gasteiger partial charge in [0.05, 0.1) is 0 Å².